The molecule has 0 spiro atoms. The summed E-state index contributed by atoms with van der Waals surface area (Å²) in [6.45, 7) is 3.24. The third-order valence-electron chi connectivity index (χ3n) is 5.34. The second-order valence-electron chi connectivity index (χ2n) is 6.71. The topological polar surface area (TPSA) is 55.7 Å². The first-order valence-electron chi connectivity index (χ1n) is 7.94. The van der Waals surface area contributed by atoms with Crippen molar-refractivity contribution in [2.24, 2.45) is 5.92 Å². The number of aliphatic hydroxyl groups is 2. The Balaban J connectivity index is 1.96. The van der Waals surface area contributed by atoms with Crippen molar-refractivity contribution >= 4 is 0 Å². The van der Waals surface area contributed by atoms with Gasteiger partial charge in [0.25, 0.3) is 0 Å². The van der Waals surface area contributed by atoms with Crippen molar-refractivity contribution in [3.63, 3.8) is 0 Å². The van der Waals surface area contributed by atoms with Crippen LogP contribution in [0.3, 0.4) is 0 Å². The van der Waals surface area contributed by atoms with E-state index in [4.69, 9.17) is 0 Å². The summed E-state index contributed by atoms with van der Waals surface area (Å²) >= 11 is 0. The number of hydrogen-bond acceptors (Lipinski definition) is 4. The highest BCUT2D eigenvalue weighted by molar-refractivity contribution is 5.26. The normalized spacial score (nSPS) is 33.8. The van der Waals surface area contributed by atoms with E-state index < -0.39 is 11.2 Å². The third-order valence-corrected chi connectivity index (χ3v) is 5.34. The Morgan fingerprint density at radius 3 is 2.43 bits per heavy atom. The van der Waals surface area contributed by atoms with Gasteiger partial charge in [-0.05, 0) is 45.0 Å². The Hall–Kier alpha value is -0.940. The van der Waals surface area contributed by atoms with Crippen LogP contribution in [-0.4, -0.2) is 53.9 Å². The lowest BCUT2D eigenvalue weighted by atomic mass is 9.65. The molecule has 0 amide bonds. The molecule has 1 aromatic rings. The number of piperidine rings is 2. The first-order chi connectivity index (χ1) is 10.0. The first kappa shape index (κ1) is 15.0. The molecule has 0 aromatic heterocycles. The molecule has 4 nitrogen and oxygen atoms in total. The predicted molar refractivity (Wildman–Crippen MR) is 83.0 cm³/mol. The summed E-state index contributed by atoms with van der Waals surface area (Å²) in [6.07, 6.45) is 2.09. The minimum atomic E-state index is -0.931. The van der Waals surface area contributed by atoms with Crippen LogP contribution in [0.5, 0.6) is 0 Å². The van der Waals surface area contributed by atoms with Crippen LogP contribution in [-0.2, 0) is 5.60 Å². The summed E-state index contributed by atoms with van der Waals surface area (Å²) in [7, 11) is 2.07. The van der Waals surface area contributed by atoms with Crippen molar-refractivity contribution in [3.8, 4) is 0 Å². The van der Waals surface area contributed by atoms with Gasteiger partial charge in [-0.1, -0.05) is 30.3 Å². The maximum absolute atomic E-state index is 11.4. The zero-order valence-corrected chi connectivity index (χ0v) is 12.8. The van der Waals surface area contributed by atoms with E-state index in [0.717, 1.165) is 31.7 Å². The number of benzene rings is 1. The lowest BCUT2D eigenvalue weighted by Crippen LogP contribution is -2.61. The lowest BCUT2D eigenvalue weighted by Gasteiger charge is -2.52. The highest BCUT2D eigenvalue weighted by atomic mass is 16.3. The molecule has 2 atom stereocenters. The second kappa shape index (κ2) is 5.69. The highest BCUT2D eigenvalue weighted by Gasteiger charge is 2.52. The lowest BCUT2D eigenvalue weighted by molar-refractivity contribution is -0.170. The number of hydrogen-bond donors (Lipinski definition) is 3. The van der Waals surface area contributed by atoms with Crippen molar-refractivity contribution in [1.29, 1.82) is 0 Å². The van der Waals surface area contributed by atoms with Crippen LogP contribution in [0.1, 0.15) is 24.8 Å². The Morgan fingerprint density at radius 1 is 1.10 bits per heavy atom. The summed E-state index contributed by atoms with van der Waals surface area (Å²) in [4.78, 5) is 2.22. The van der Waals surface area contributed by atoms with Crippen LogP contribution in [0.2, 0.25) is 0 Å². The van der Waals surface area contributed by atoms with Gasteiger partial charge in [-0.15, -0.1) is 0 Å². The predicted octanol–water partition coefficient (Wildman–Crippen LogP) is 0.940. The summed E-state index contributed by atoms with van der Waals surface area (Å²) < 4.78 is 0. The van der Waals surface area contributed by atoms with Gasteiger partial charge in [-0.3, -0.25) is 0 Å². The number of nitrogens with zero attached hydrogens (tertiary/aromatic N) is 1. The number of nitrogens with one attached hydrogen (secondary N) is 1. The molecule has 0 radical (unpaired) electrons. The standard InChI is InChI=1S/C17H26N2O2/c1-19-12-9-17(21,14-5-3-2-4-6-14)15(13-19)16(20)7-10-18-11-8-16/h2-6,15,18,20-21H,7-13H2,1H3/t15-,17+/m1/s1. The summed E-state index contributed by atoms with van der Waals surface area (Å²) in [5.41, 5.74) is -0.778. The molecule has 3 N–H and O–H groups in total. The SMILES string of the molecule is CN1CC[C@](O)(c2ccccc2)[C@@H](C2(O)CCNCC2)C1. The van der Waals surface area contributed by atoms with Gasteiger partial charge >= 0.3 is 0 Å². The molecular weight excluding hydrogens is 264 g/mol. The van der Waals surface area contributed by atoms with Gasteiger partial charge in [0.15, 0.2) is 0 Å². The van der Waals surface area contributed by atoms with E-state index in [1.54, 1.807) is 0 Å². The van der Waals surface area contributed by atoms with Crippen molar-refractivity contribution < 1.29 is 10.2 Å². The highest BCUT2D eigenvalue weighted by Crippen LogP contribution is 2.45. The van der Waals surface area contributed by atoms with Crippen molar-refractivity contribution in [3.05, 3.63) is 35.9 Å². The molecule has 2 aliphatic heterocycles. The molecule has 0 unspecified atom stereocenters. The largest absolute Gasteiger partial charge is 0.389 e. The second-order valence-corrected chi connectivity index (χ2v) is 6.71. The van der Waals surface area contributed by atoms with E-state index in [-0.39, 0.29) is 5.92 Å². The zero-order valence-electron chi connectivity index (χ0n) is 12.8. The Labute approximate surface area is 126 Å². The van der Waals surface area contributed by atoms with E-state index in [1.165, 1.54) is 0 Å². The molecule has 2 fully saturated rings. The number of likely N-dealkylation sites (tertiary alicyclic amines) is 1. The fraction of sp³-hybridized carbons (Fsp3) is 0.647. The van der Waals surface area contributed by atoms with Crippen molar-refractivity contribution in [1.82, 2.24) is 10.2 Å². The van der Waals surface area contributed by atoms with Crippen LogP contribution in [0, 0.1) is 5.92 Å². The zero-order chi connectivity index (χ0) is 14.9. The molecule has 2 saturated heterocycles. The fourth-order valence-electron chi connectivity index (χ4n) is 3.98. The molecule has 3 rings (SSSR count). The van der Waals surface area contributed by atoms with E-state index >= 15 is 0 Å². The van der Waals surface area contributed by atoms with Crippen molar-refractivity contribution in [2.75, 3.05) is 33.2 Å². The number of rotatable bonds is 2. The minimum absolute atomic E-state index is 0.145. The molecule has 0 saturated carbocycles. The van der Waals surface area contributed by atoms with Gasteiger partial charge in [0, 0.05) is 19.0 Å². The molecule has 4 heteroatoms. The molecular formula is C17H26N2O2. The minimum Gasteiger partial charge on any atom is -0.389 e. The molecule has 2 aliphatic rings. The molecule has 0 bridgehead atoms. The van der Waals surface area contributed by atoms with Crippen molar-refractivity contribution in [2.45, 2.75) is 30.5 Å². The summed E-state index contributed by atoms with van der Waals surface area (Å²) in [5, 5.41) is 25.9. The van der Waals surface area contributed by atoms with E-state index in [2.05, 4.69) is 17.3 Å². The van der Waals surface area contributed by atoms with Gasteiger partial charge in [-0.2, -0.15) is 0 Å². The van der Waals surface area contributed by atoms with Crippen LogP contribution >= 0.6 is 0 Å². The van der Waals surface area contributed by atoms with Gasteiger partial charge in [0.2, 0.25) is 0 Å². The average Bonchev–Trinajstić information content (AvgIpc) is 2.51. The Bertz CT molecular complexity index is 473. The van der Waals surface area contributed by atoms with Crippen LogP contribution in [0.25, 0.3) is 0 Å². The smallest absolute Gasteiger partial charge is 0.0976 e. The quantitative estimate of drug-likeness (QED) is 0.759. The maximum Gasteiger partial charge on any atom is 0.0976 e. The Kier molecular flexibility index (Phi) is 4.06. The molecule has 2 heterocycles. The average molecular weight is 290 g/mol. The van der Waals surface area contributed by atoms with Crippen LogP contribution < -0.4 is 5.32 Å². The van der Waals surface area contributed by atoms with E-state index in [0.29, 0.717) is 19.3 Å². The Morgan fingerprint density at radius 2 is 1.76 bits per heavy atom. The fourth-order valence-corrected chi connectivity index (χ4v) is 3.98. The van der Waals surface area contributed by atoms with Gasteiger partial charge in [0.05, 0.1) is 11.2 Å². The van der Waals surface area contributed by atoms with Crippen LogP contribution in [0.4, 0.5) is 0 Å². The molecule has 1 aromatic carbocycles. The van der Waals surface area contributed by atoms with Gasteiger partial charge in [-0.25, -0.2) is 0 Å². The summed E-state index contributed by atoms with van der Waals surface area (Å²) in [6, 6.07) is 9.88. The molecule has 116 valence electrons. The van der Waals surface area contributed by atoms with Gasteiger partial charge in [0.1, 0.15) is 0 Å². The molecule has 0 aliphatic carbocycles. The first-order valence-corrected chi connectivity index (χ1v) is 7.94. The third kappa shape index (κ3) is 2.73. The monoisotopic (exact) mass is 290 g/mol. The maximum atomic E-state index is 11.4. The molecule has 21 heavy (non-hydrogen) atoms. The summed E-state index contributed by atoms with van der Waals surface area (Å²) in [5.74, 6) is -0.145. The van der Waals surface area contributed by atoms with E-state index in [1.807, 2.05) is 30.3 Å². The van der Waals surface area contributed by atoms with Gasteiger partial charge < -0.3 is 20.4 Å². The van der Waals surface area contributed by atoms with Crippen LogP contribution in [0.15, 0.2) is 30.3 Å². The van der Waals surface area contributed by atoms with E-state index in [9.17, 15) is 10.2 Å².